The lowest BCUT2D eigenvalue weighted by Crippen LogP contribution is -2.25. The normalized spacial score (nSPS) is 13.5. The van der Waals surface area contributed by atoms with E-state index in [9.17, 15) is 9.18 Å². The molecular formula is C34H30FNO3S. The van der Waals surface area contributed by atoms with Gasteiger partial charge in [0.2, 0.25) is 0 Å². The van der Waals surface area contributed by atoms with Crippen LogP contribution in [-0.2, 0) is 6.61 Å². The number of hydrogen-bond donors (Lipinski definition) is 0. The summed E-state index contributed by atoms with van der Waals surface area (Å²) in [4.78, 5) is 17.1. The van der Waals surface area contributed by atoms with E-state index in [2.05, 4.69) is 4.90 Å². The first-order valence-electron chi connectivity index (χ1n) is 13.6. The van der Waals surface area contributed by atoms with Gasteiger partial charge in [0.15, 0.2) is 5.78 Å². The molecule has 4 nitrogen and oxygen atoms in total. The highest BCUT2D eigenvalue weighted by atomic mass is 32.1. The third-order valence-electron chi connectivity index (χ3n) is 7.23. The zero-order valence-electron chi connectivity index (χ0n) is 22.1. The van der Waals surface area contributed by atoms with Gasteiger partial charge in [0.1, 0.15) is 30.5 Å². The average molecular weight is 552 g/mol. The number of halogens is 1. The highest BCUT2D eigenvalue weighted by Crippen LogP contribution is 2.41. The fourth-order valence-corrected chi connectivity index (χ4v) is 6.32. The molecule has 0 spiro atoms. The maximum absolute atomic E-state index is 13.8. The molecule has 0 unspecified atom stereocenters. The number of ether oxygens (including phenoxy) is 2. The van der Waals surface area contributed by atoms with Crippen LogP contribution in [0.1, 0.15) is 34.3 Å². The van der Waals surface area contributed by atoms with Gasteiger partial charge >= 0.3 is 0 Å². The summed E-state index contributed by atoms with van der Waals surface area (Å²) in [5.41, 5.74) is 3.09. The van der Waals surface area contributed by atoms with Crippen LogP contribution in [0.4, 0.5) is 4.39 Å². The maximum atomic E-state index is 13.8. The van der Waals surface area contributed by atoms with Crippen LogP contribution in [0.2, 0.25) is 0 Å². The zero-order chi connectivity index (χ0) is 27.3. The van der Waals surface area contributed by atoms with Crippen LogP contribution < -0.4 is 9.47 Å². The number of carbonyl (C=O) groups excluding carboxylic acids is 1. The molecule has 6 heteroatoms. The number of hydrogen-bond acceptors (Lipinski definition) is 5. The predicted octanol–water partition coefficient (Wildman–Crippen LogP) is 7.99. The van der Waals surface area contributed by atoms with Crippen molar-refractivity contribution in [3.8, 4) is 21.9 Å². The van der Waals surface area contributed by atoms with E-state index in [-0.39, 0.29) is 11.6 Å². The summed E-state index contributed by atoms with van der Waals surface area (Å²) in [6.07, 6.45) is 2.53. The lowest BCUT2D eigenvalue weighted by molar-refractivity contribution is 0.104. The Balaban J connectivity index is 1.29. The van der Waals surface area contributed by atoms with Gasteiger partial charge in [-0.05, 0) is 104 Å². The minimum absolute atomic E-state index is 0.134. The quantitative estimate of drug-likeness (QED) is 0.165. The Bertz CT molecular complexity index is 1590. The molecule has 0 amide bonds. The Labute approximate surface area is 237 Å². The smallest absolute Gasteiger partial charge is 0.195 e. The van der Waals surface area contributed by atoms with Crippen molar-refractivity contribution in [2.45, 2.75) is 19.4 Å². The molecule has 1 aliphatic heterocycles. The van der Waals surface area contributed by atoms with Crippen molar-refractivity contribution in [3.63, 3.8) is 0 Å². The van der Waals surface area contributed by atoms with Crippen LogP contribution in [0, 0.1) is 5.82 Å². The van der Waals surface area contributed by atoms with E-state index in [1.807, 2.05) is 72.8 Å². The van der Waals surface area contributed by atoms with Gasteiger partial charge in [-0.2, -0.15) is 0 Å². The molecule has 2 heterocycles. The summed E-state index contributed by atoms with van der Waals surface area (Å²) < 4.78 is 26.6. The highest BCUT2D eigenvalue weighted by molar-refractivity contribution is 7.22. The van der Waals surface area contributed by atoms with Crippen LogP contribution in [-0.4, -0.2) is 36.9 Å². The fourth-order valence-electron chi connectivity index (χ4n) is 5.08. The first-order chi connectivity index (χ1) is 19.6. The van der Waals surface area contributed by atoms with E-state index in [0.29, 0.717) is 24.3 Å². The lowest BCUT2D eigenvalue weighted by Gasteiger charge is -2.15. The van der Waals surface area contributed by atoms with Crippen molar-refractivity contribution in [2.75, 3.05) is 26.2 Å². The van der Waals surface area contributed by atoms with Crippen LogP contribution in [0.25, 0.3) is 20.5 Å². The largest absolute Gasteiger partial charge is 0.492 e. The van der Waals surface area contributed by atoms with E-state index < -0.39 is 0 Å². The monoisotopic (exact) mass is 551 g/mol. The van der Waals surface area contributed by atoms with Gasteiger partial charge in [-0.3, -0.25) is 9.69 Å². The third-order valence-corrected chi connectivity index (χ3v) is 8.44. The molecule has 202 valence electrons. The summed E-state index contributed by atoms with van der Waals surface area (Å²) in [7, 11) is 0. The number of fused-ring (bicyclic) bond motifs is 1. The first-order valence-corrected chi connectivity index (χ1v) is 14.4. The summed E-state index contributed by atoms with van der Waals surface area (Å²) in [6, 6.07) is 29.5. The van der Waals surface area contributed by atoms with Crippen LogP contribution in [0.15, 0.2) is 97.1 Å². The Morgan fingerprint density at radius 1 is 0.825 bits per heavy atom. The second-order valence-electron chi connectivity index (χ2n) is 10.00. The summed E-state index contributed by atoms with van der Waals surface area (Å²) in [5.74, 6) is 1.05. The van der Waals surface area contributed by atoms with E-state index >= 15 is 0 Å². The molecule has 1 aromatic heterocycles. The Kier molecular flexibility index (Phi) is 7.89. The molecule has 40 heavy (non-hydrogen) atoms. The van der Waals surface area contributed by atoms with Crippen molar-refractivity contribution in [1.82, 2.24) is 4.90 Å². The summed E-state index contributed by atoms with van der Waals surface area (Å²) in [6.45, 7) is 4.35. The second kappa shape index (κ2) is 12.0. The SMILES string of the molecule is O=C(c1ccc(F)cc1)c1c(-c2ccc(OCCN3CCCC3)cc2)sc2cc(OCc3ccccc3)ccc12. The summed E-state index contributed by atoms with van der Waals surface area (Å²) >= 11 is 1.56. The van der Waals surface area contributed by atoms with E-state index in [0.717, 1.165) is 57.2 Å². The van der Waals surface area contributed by atoms with Crippen LogP contribution in [0.5, 0.6) is 11.5 Å². The average Bonchev–Trinajstić information content (AvgIpc) is 3.65. The molecule has 0 saturated carbocycles. The third kappa shape index (κ3) is 5.93. The number of likely N-dealkylation sites (tertiary alicyclic amines) is 1. The molecule has 0 radical (unpaired) electrons. The number of benzene rings is 4. The first kappa shape index (κ1) is 26.2. The topological polar surface area (TPSA) is 38.8 Å². The van der Waals surface area contributed by atoms with Gasteiger partial charge in [0, 0.05) is 32.6 Å². The molecule has 5 aromatic rings. The molecule has 1 saturated heterocycles. The van der Waals surface area contributed by atoms with Gasteiger partial charge in [0.25, 0.3) is 0 Å². The second-order valence-corrected chi connectivity index (χ2v) is 11.0. The minimum atomic E-state index is -0.368. The highest BCUT2D eigenvalue weighted by Gasteiger charge is 2.22. The number of nitrogens with zero attached hydrogens (tertiary/aromatic N) is 1. The molecule has 0 aliphatic carbocycles. The van der Waals surface area contributed by atoms with Crippen molar-refractivity contribution < 1.29 is 18.7 Å². The lowest BCUT2D eigenvalue weighted by atomic mass is 9.97. The molecule has 0 N–H and O–H groups in total. The zero-order valence-corrected chi connectivity index (χ0v) is 23.0. The number of ketones is 1. The molecule has 1 aliphatic rings. The molecule has 0 bridgehead atoms. The van der Waals surface area contributed by atoms with Crippen molar-refractivity contribution >= 4 is 27.2 Å². The number of rotatable bonds is 10. The van der Waals surface area contributed by atoms with E-state index in [4.69, 9.17) is 9.47 Å². The maximum Gasteiger partial charge on any atom is 0.195 e. The standard InChI is InChI=1S/C34H30FNO3S/c35-27-12-8-25(9-13-27)33(37)32-30-17-16-29(39-23-24-6-2-1-3-7-24)22-31(30)40-34(32)26-10-14-28(15-11-26)38-21-20-36-18-4-5-19-36/h1-3,6-17,22H,4-5,18-21,23H2. The summed E-state index contributed by atoms with van der Waals surface area (Å²) in [5, 5.41) is 0.854. The minimum Gasteiger partial charge on any atom is -0.492 e. The van der Waals surface area contributed by atoms with E-state index in [1.54, 1.807) is 23.5 Å². The van der Waals surface area contributed by atoms with Gasteiger partial charge < -0.3 is 9.47 Å². The van der Waals surface area contributed by atoms with Gasteiger partial charge in [-0.15, -0.1) is 11.3 Å². The van der Waals surface area contributed by atoms with Gasteiger partial charge in [0.05, 0.1) is 0 Å². The fraction of sp³-hybridized carbons (Fsp3) is 0.206. The Morgan fingerprint density at radius 3 is 2.30 bits per heavy atom. The molecule has 1 fully saturated rings. The number of carbonyl (C=O) groups is 1. The van der Waals surface area contributed by atoms with Crippen molar-refractivity contribution in [1.29, 1.82) is 0 Å². The molecule has 6 rings (SSSR count). The van der Waals surface area contributed by atoms with Gasteiger partial charge in [-0.25, -0.2) is 4.39 Å². The Hall–Kier alpha value is -4.00. The van der Waals surface area contributed by atoms with Crippen molar-refractivity contribution in [2.24, 2.45) is 0 Å². The Morgan fingerprint density at radius 2 is 1.55 bits per heavy atom. The van der Waals surface area contributed by atoms with Crippen molar-refractivity contribution in [3.05, 3.63) is 120 Å². The molecule has 4 aromatic carbocycles. The molecular weight excluding hydrogens is 521 g/mol. The van der Waals surface area contributed by atoms with E-state index in [1.165, 1.54) is 25.0 Å². The number of thiophene rings is 1. The molecule has 0 atom stereocenters. The van der Waals surface area contributed by atoms with Crippen LogP contribution in [0.3, 0.4) is 0 Å². The van der Waals surface area contributed by atoms with Gasteiger partial charge in [-0.1, -0.05) is 30.3 Å². The van der Waals surface area contributed by atoms with Crippen LogP contribution >= 0.6 is 11.3 Å². The predicted molar refractivity (Wildman–Crippen MR) is 159 cm³/mol.